The molecule has 3 N–H and O–H groups in total. The minimum absolute atomic E-state index is 0.162. The minimum Gasteiger partial charge on any atom is -0.506 e. The van der Waals surface area contributed by atoms with E-state index >= 15 is 0 Å². The number of nitrogens with one attached hydrogen (secondary N) is 2. The number of hydrogen-bond acceptors (Lipinski definition) is 12. The predicted octanol–water partition coefficient (Wildman–Crippen LogP) is 4.85. The van der Waals surface area contributed by atoms with Gasteiger partial charge >= 0.3 is 0 Å². The summed E-state index contributed by atoms with van der Waals surface area (Å²) in [4.78, 5) is 25.2. The molecule has 2 aliphatic heterocycles. The van der Waals surface area contributed by atoms with E-state index in [1.54, 1.807) is 45.1 Å². The topological polar surface area (TPSA) is 132 Å². The lowest BCUT2D eigenvalue weighted by Gasteiger charge is -2.42. The standard InChI is InChI=1S/C31H39BrN9O3P/c1-39-13-15-40(16-14-39)20-7-11-41(12-8-20)25-18-27(44-2)24(17-26(25)42)37-31-35-19-21(32)30(38-31)36-23-6-5-22-28(34-10-9-33-22)29(23)45(3,4)43/h5-6,9-10,17-20,42H,7-8,11-16H2,1-4H3,(H2,35,36,37,38). The van der Waals surface area contributed by atoms with Crippen molar-refractivity contribution < 1.29 is 14.4 Å². The zero-order valence-corrected chi connectivity index (χ0v) is 28.5. The monoisotopic (exact) mass is 695 g/mol. The first kappa shape index (κ1) is 31.5. The number of rotatable bonds is 8. The van der Waals surface area contributed by atoms with Gasteiger partial charge in [0, 0.05) is 76.0 Å². The smallest absolute Gasteiger partial charge is 0.229 e. The number of benzene rings is 2. The van der Waals surface area contributed by atoms with Gasteiger partial charge in [0.15, 0.2) is 0 Å². The van der Waals surface area contributed by atoms with Gasteiger partial charge < -0.3 is 34.8 Å². The molecule has 0 unspecified atom stereocenters. The third kappa shape index (κ3) is 6.86. The van der Waals surface area contributed by atoms with Gasteiger partial charge in [-0.15, -0.1) is 0 Å². The molecule has 6 rings (SSSR count). The summed E-state index contributed by atoms with van der Waals surface area (Å²) >= 11 is 3.54. The van der Waals surface area contributed by atoms with Gasteiger partial charge in [0.1, 0.15) is 30.0 Å². The Hall–Kier alpha value is -3.51. The molecular formula is C31H39BrN9O3P. The van der Waals surface area contributed by atoms with Crippen molar-refractivity contribution in [2.24, 2.45) is 0 Å². The Labute approximate surface area is 271 Å². The Kier molecular flexibility index (Phi) is 9.15. The van der Waals surface area contributed by atoms with Gasteiger partial charge in [-0.2, -0.15) is 4.98 Å². The average Bonchev–Trinajstić information content (AvgIpc) is 3.02. The number of piperidine rings is 1. The fourth-order valence-corrected chi connectivity index (χ4v) is 7.85. The van der Waals surface area contributed by atoms with Gasteiger partial charge in [0.25, 0.3) is 0 Å². The van der Waals surface area contributed by atoms with E-state index in [0.717, 1.165) is 57.8 Å². The molecule has 2 aromatic heterocycles. The highest BCUT2D eigenvalue weighted by Gasteiger charge is 2.28. The molecular weight excluding hydrogens is 657 g/mol. The zero-order valence-electron chi connectivity index (χ0n) is 26.0. The first-order chi connectivity index (χ1) is 21.6. The summed E-state index contributed by atoms with van der Waals surface area (Å²) < 4.78 is 19.7. The molecule has 45 heavy (non-hydrogen) atoms. The van der Waals surface area contributed by atoms with Crippen LogP contribution in [-0.4, -0.2) is 108 Å². The maximum Gasteiger partial charge on any atom is 0.229 e. The molecule has 4 heterocycles. The van der Waals surface area contributed by atoms with E-state index < -0.39 is 7.14 Å². The Bertz CT molecular complexity index is 1740. The number of phenols is 1. The van der Waals surface area contributed by atoms with Crippen molar-refractivity contribution in [3.63, 3.8) is 0 Å². The minimum atomic E-state index is -2.76. The molecule has 14 heteroatoms. The Balaban J connectivity index is 1.21. The molecule has 0 spiro atoms. The van der Waals surface area contributed by atoms with Crippen molar-refractivity contribution in [2.75, 3.05) is 82.3 Å². The maximum atomic E-state index is 13.4. The number of aromatic hydroxyl groups is 1. The number of fused-ring (bicyclic) bond motifs is 1. The molecule has 4 aromatic rings. The van der Waals surface area contributed by atoms with E-state index in [1.165, 1.54) is 0 Å². The summed E-state index contributed by atoms with van der Waals surface area (Å²) in [6.07, 6.45) is 6.96. The molecule has 0 radical (unpaired) electrons. The summed E-state index contributed by atoms with van der Waals surface area (Å²) in [5.41, 5.74) is 3.16. The second-order valence-electron chi connectivity index (χ2n) is 12.0. The van der Waals surface area contributed by atoms with Crippen LogP contribution in [0.15, 0.2) is 47.3 Å². The lowest BCUT2D eigenvalue weighted by Crippen LogP contribution is -2.52. The molecule has 2 fully saturated rings. The highest BCUT2D eigenvalue weighted by atomic mass is 79.9. The fourth-order valence-electron chi connectivity index (χ4n) is 6.17. The van der Waals surface area contributed by atoms with Crippen LogP contribution < -0.4 is 25.6 Å². The first-order valence-electron chi connectivity index (χ1n) is 15.0. The number of halogens is 1. The number of anilines is 5. The van der Waals surface area contributed by atoms with Crippen molar-refractivity contribution in [1.29, 1.82) is 0 Å². The van der Waals surface area contributed by atoms with E-state index in [1.807, 2.05) is 18.2 Å². The van der Waals surface area contributed by atoms with Crippen molar-refractivity contribution in [3.8, 4) is 11.5 Å². The van der Waals surface area contributed by atoms with Crippen LogP contribution in [0.2, 0.25) is 0 Å². The van der Waals surface area contributed by atoms with Crippen LogP contribution in [0.1, 0.15) is 12.8 Å². The molecule has 0 aliphatic carbocycles. The summed E-state index contributed by atoms with van der Waals surface area (Å²) in [7, 11) is 1.03. The molecule has 12 nitrogen and oxygen atoms in total. The quantitative estimate of drug-likeness (QED) is 0.218. The number of likely N-dealkylation sites (N-methyl/N-ethyl adjacent to an activating group) is 1. The molecule has 0 saturated carbocycles. The predicted molar refractivity (Wildman–Crippen MR) is 184 cm³/mol. The largest absolute Gasteiger partial charge is 0.506 e. The number of aromatic nitrogens is 4. The normalized spacial score (nSPS) is 17.0. The molecule has 2 aromatic carbocycles. The third-order valence-electron chi connectivity index (χ3n) is 8.55. The second-order valence-corrected chi connectivity index (χ2v) is 16.0. The molecule has 0 atom stereocenters. The summed E-state index contributed by atoms with van der Waals surface area (Å²) in [6, 6.07) is 7.78. The second kappa shape index (κ2) is 13.1. The van der Waals surface area contributed by atoms with Crippen LogP contribution in [0.3, 0.4) is 0 Å². The van der Waals surface area contributed by atoms with Crippen LogP contribution >= 0.6 is 23.1 Å². The maximum absolute atomic E-state index is 13.4. The lowest BCUT2D eigenvalue weighted by molar-refractivity contribution is 0.0981. The Morgan fingerprint density at radius 3 is 2.42 bits per heavy atom. The van der Waals surface area contributed by atoms with Crippen molar-refractivity contribution in [2.45, 2.75) is 18.9 Å². The highest BCUT2D eigenvalue weighted by Crippen LogP contribution is 2.42. The van der Waals surface area contributed by atoms with E-state index in [4.69, 9.17) is 4.74 Å². The van der Waals surface area contributed by atoms with Gasteiger partial charge in [-0.05, 0) is 61.3 Å². The summed E-state index contributed by atoms with van der Waals surface area (Å²) in [6.45, 7) is 9.63. The SMILES string of the molecule is COc1cc(N2CCC(N3CCN(C)CC3)CC2)c(O)cc1Nc1ncc(Br)c(Nc2ccc3nccnc3c2P(C)(C)=O)n1. The lowest BCUT2D eigenvalue weighted by atomic mass is 10.0. The van der Waals surface area contributed by atoms with Crippen LogP contribution in [-0.2, 0) is 4.57 Å². The number of ether oxygens (including phenoxy) is 1. The van der Waals surface area contributed by atoms with Crippen LogP contribution in [0.5, 0.6) is 11.5 Å². The zero-order chi connectivity index (χ0) is 31.7. The molecule has 2 aliphatic rings. The molecule has 0 amide bonds. The number of hydrogen-bond donors (Lipinski definition) is 3. The van der Waals surface area contributed by atoms with Gasteiger partial charge in [-0.25, -0.2) is 4.98 Å². The number of piperazine rings is 1. The Morgan fingerprint density at radius 1 is 0.978 bits per heavy atom. The number of methoxy groups -OCH3 is 1. The molecule has 0 bridgehead atoms. The van der Waals surface area contributed by atoms with Gasteiger partial charge in [-0.3, -0.25) is 14.9 Å². The summed E-state index contributed by atoms with van der Waals surface area (Å²) in [5, 5.41) is 18.2. The van der Waals surface area contributed by atoms with Gasteiger partial charge in [0.2, 0.25) is 5.95 Å². The van der Waals surface area contributed by atoms with Gasteiger partial charge in [-0.1, -0.05) is 0 Å². The number of phenolic OH excluding ortho intramolecular Hbond substituents is 1. The summed E-state index contributed by atoms with van der Waals surface area (Å²) in [5.74, 6) is 1.49. The van der Waals surface area contributed by atoms with E-state index in [9.17, 15) is 9.67 Å². The van der Waals surface area contributed by atoms with E-state index in [-0.39, 0.29) is 11.7 Å². The van der Waals surface area contributed by atoms with Crippen LogP contribution in [0.25, 0.3) is 11.0 Å². The van der Waals surface area contributed by atoms with Crippen molar-refractivity contribution in [1.82, 2.24) is 29.7 Å². The van der Waals surface area contributed by atoms with Crippen molar-refractivity contribution >= 4 is 68.2 Å². The van der Waals surface area contributed by atoms with Crippen LogP contribution in [0, 0.1) is 0 Å². The highest BCUT2D eigenvalue weighted by molar-refractivity contribution is 9.10. The fraction of sp³-hybridized carbons (Fsp3) is 0.419. The molecule has 2 saturated heterocycles. The van der Waals surface area contributed by atoms with E-state index in [0.29, 0.717) is 49.8 Å². The Morgan fingerprint density at radius 2 is 1.71 bits per heavy atom. The molecule has 238 valence electrons. The van der Waals surface area contributed by atoms with E-state index in [2.05, 4.69) is 68.2 Å². The third-order valence-corrected chi connectivity index (χ3v) is 10.7. The van der Waals surface area contributed by atoms with Crippen molar-refractivity contribution in [3.05, 3.63) is 47.3 Å². The van der Waals surface area contributed by atoms with Gasteiger partial charge in [0.05, 0.1) is 39.5 Å². The van der Waals surface area contributed by atoms with Crippen LogP contribution in [0.4, 0.5) is 28.8 Å². The average molecular weight is 697 g/mol. The first-order valence-corrected chi connectivity index (χ1v) is 18.4. The number of nitrogens with zero attached hydrogens (tertiary/aromatic N) is 7.